The van der Waals surface area contributed by atoms with Gasteiger partial charge in [0.05, 0.1) is 18.6 Å². The van der Waals surface area contributed by atoms with E-state index in [1.807, 2.05) is 17.5 Å². The quantitative estimate of drug-likeness (QED) is 0.653. The maximum absolute atomic E-state index is 11.9. The number of carboxylic acid groups (broad SMARTS) is 1. The number of hydrogen-bond acceptors (Lipinski definition) is 4. The molecule has 1 aromatic heterocycles. The van der Waals surface area contributed by atoms with Crippen molar-refractivity contribution in [1.82, 2.24) is 10.6 Å². The van der Waals surface area contributed by atoms with Crippen molar-refractivity contribution < 1.29 is 19.4 Å². The van der Waals surface area contributed by atoms with Crippen LogP contribution in [0, 0.1) is 0 Å². The summed E-state index contributed by atoms with van der Waals surface area (Å²) < 4.78 is 5.01. The summed E-state index contributed by atoms with van der Waals surface area (Å²) in [4.78, 5) is 23.6. The lowest BCUT2D eigenvalue weighted by atomic mass is 10.1. The predicted octanol–water partition coefficient (Wildman–Crippen LogP) is 2.38. The largest absolute Gasteiger partial charge is 0.481 e. The fraction of sp³-hybridized carbons (Fsp3) is 0.571. The molecule has 0 aromatic carbocycles. The van der Waals surface area contributed by atoms with Gasteiger partial charge >= 0.3 is 12.0 Å². The summed E-state index contributed by atoms with van der Waals surface area (Å²) in [5.74, 6) is -0.952. The Morgan fingerprint density at radius 1 is 1.48 bits per heavy atom. The lowest BCUT2D eigenvalue weighted by Crippen LogP contribution is -2.42. The molecule has 2 atom stereocenters. The molecule has 0 fully saturated rings. The third kappa shape index (κ3) is 6.59. The van der Waals surface area contributed by atoms with E-state index in [4.69, 9.17) is 9.84 Å². The normalized spacial score (nSPS) is 13.4. The van der Waals surface area contributed by atoms with E-state index in [1.54, 1.807) is 11.3 Å². The van der Waals surface area contributed by atoms with Crippen LogP contribution in [0.1, 0.15) is 37.1 Å². The third-order valence-electron chi connectivity index (χ3n) is 3.00. The van der Waals surface area contributed by atoms with Gasteiger partial charge in [-0.3, -0.25) is 4.79 Å². The van der Waals surface area contributed by atoms with Crippen LogP contribution in [0.3, 0.4) is 0 Å². The molecule has 1 rings (SSSR count). The first-order valence-electron chi connectivity index (χ1n) is 6.89. The standard InChI is InChI=1S/C14H22N2O4S/c1-3-5-11(12-6-4-7-21-12)16-14(19)15-9-10(20-2)8-13(17)18/h4,6-7,10-11H,3,5,8-9H2,1-2H3,(H,17,18)(H2,15,16,19). The zero-order valence-corrected chi connectivity index (χ0v) is 13.1. The Kier molecular flexibility index (Phi) is 7.78. The summed E-state index contributed by atoms with van der Waals surface area (Å²) in [6.45, 7) is 2.23. The average Bonchev–Trinajstić information content (AvgIpc) is 2.96. The van der Waals surface area contributed by atoms with E-state index >= 15 is 0 Å². The van der Waals surface area contributed by atoms with E-state index < -0.39 is 12.1 Å². The minimum absolute atomic E-state index is 0.0181. The highest BCUT2D eigenvalue weighted by Gasteiger charge is 2.17. The Morgan fingerprint density at radius 2 is 2.24 bits per heavy atom. The van der Waals surface area contributed by atoms with Crippen LogP contribution in [0.4, 0.5) is 4.79 Å². The lowest BCUT2D eigenvalue weighted by molar-refractivity contribution is -0.139. The van der Waals surface area contributed by atoms with Crippen LogP contribution in [-0.2, 0) is 9.53 Å². The van der Waals surface area contributed by atoms with Gasteiger partial charge in [-0.25, -0.2) is 4.79 Å². The van der Waals surface area contributed by atoms with Gasteiger partial charge in [0.1, 0.15) is 0 Å². The first-order chi connectivity index (χ1) is 10.1. The second kappa shape index (κ2) is 9.36. The lowest BCUT2D eigenvalue weighted by Gasteiger charge is -2.19. The maximum Gasteiger partial charge on any atom is 0.315 e. The Balaban J connectivity index is 2.45. The van der Waals surface area contributed by atoms with Gasteiger partial charge in [-0.15, -0.1) is 11.3 Å². The molecule has 118 valence electrons. The molecular weight excluding hydrogens is 292 g/mol. The molecule has 6 nitrogen and oxygen atoms in total. The van der Waals surface area contributed by atoms with E-state index in [0.717, 1.165) is 17.7 Å². The molecule has 21 heavy (non-hydrogen) atoms. The zero-order chi connectivity index (χ0) is 15.7. The van der Waals surface area contributed by atoms with Crippen LogP contribution in [0.2, 0.25) is 0 Å². The van der Waals surface area contributed by atoms with Crippen molar-refractivity contribution in [3.05, 3.63) is 22.4 Å². The van der Waals surface area contributed by atoms with Gasteiger partial charge in [0.25, 0.3) is 0 Å². The Hall–Kier alpha value is -1.60. The van der Waals surface area contributed by atoms with Gasteiger partial charge in [-0.2, -0.15) is 0 Å². The molecule has 1 aromatic rings. The molecule has 0 saturated heterocycles. The number of carbonyl (C=O) groups is 2. The topological polar surface area (TPSA) is 87.7 Å². The first-order valence-corrected chi connectivity index (χ1v) is 7.77. The molecule has 7 heteroatoms. The number of nitrogens with one attached hydrogen (secondary N) is 2. The number of amides is 2. The Labute approximate surface area is 128 Å². The van der Waals surface area contributed by atoms with Crippen LogP contribution in [-0.4, -0.2) is 36.9 Å². The second-order valence-corrected chi connectivity index (χ2v) is 5.65. The van der Waals surface area contributed by atoms with Crippen LogP contribution in [0.15, 0.2) is 17.5 Å². The van der Waals surface area contributed by atoms with Crippen molar-refractivity contribution in [3.8, 4) is 0 Å². The van der Waals surface area contributed by atoms with E-state index in [2.05, 4.69) is 17.6 Å². The summed E-state index contributed by atoms with van der Waals surface area (Å²) in [5.41, 5.74) is 0. The van der Waals surface area contributed by atoms with Crippen LogP contribution >= 0.6 is 11.3 Å². The second-order valence-electron chi connectivity index (χ2n) is 4.67. The van der Waals surface area contributed by atoms with Gasteiger partial charge in [0, 0.05) is 18.5 Å². The molecule has 0 spiro atoms. The number of rotatable bonds is 9. The highest BCUT2D eigenvalue weighted by Crippen LogP contribution is 2.22. The van der Waals surface area contributed by atoms with Crippen molar-refractivity contribution in [1.29, 1.82) is 0 Å². The molecule has 3 N–H and O–H groups in total. The molecule has 0 aliphatic heterocycles. The van der Waals surface area contributed by atoms with Gasteiger partial charge < -0.3 is 20.5 Å². The van der Waals surface area contributed by atoms with Gasteiger partial charge in [0.2, 0.25) is 0 Å². The van der Waals surface area contributed by atoms with Crippen molar-refractivity contribution in [2.75, 3.05) is 13.7 Å². The fourth-order valence-electron chi connectivity index (χ4n) is 1.91. The Bertz CT molecular complexity index is 436. The monoisotopic (exact) mass is 314 g/mol. The van der Waals surface area contributed by atoms with Crippen molar-refractivity contribution in [2.45, 2.75) is 38.3 Å². The minimum Gasteiger partial charge on any atom is -0.481 e. The summed E-state index contributed by atoms with van der Waals surface area (Å²) >= 11 is 1.61. The van der Waals surface area contributed by atoms with Gasteiger partial charge in [-0.1, -0.05) is 19.4 Å². The number of hydrogen-bond donors (Lipinski definition) is 3. The molecule has 0 aliphatic carbocycles. The summed E-state index contributed by atoms with van der Waals surface area (Å²) in [5, 5.41) is 16.3. The molecule has 2 unspecified atom stereocenters. The smallest absolute Gasteiger partial charge is 0.315 e. The van der Waals surface area contributed by atoms with E-state index in [1.165, 1.54) is 7.11 Å². The molecule has 1 heterocycles. The minimum atomic E-state index is -0.952. The van der Waals surface area contributed by atoms with Crippen molar-refractivity contribution >= 4 is 23.3 Å². The number of ether oxygens (including phenoxy) is 1. The number of aliphatic carboxylic acids is 1. The van der Waals surface area contributed by atoms with Crippen LogP contribution in [0.25, 0.3) is 0 Å². The number of carboxylic acids is 1. The number of methoxy groups -OCH3 is 1. The van der Waals surface area contributed by atoms with E-state index in [9.17, 15) is 9.59 Å². The van der Waals surface area contributed by atoms with Crippen LogP contribution in [0.5, 0.6) is 0 Å². The van der Waals surface area contributed by atoms with Crippen LogP contribution < -0.4 is 10.6 Å². The van der Waals surface area contributed by atoms with Gasteiger partial charge in [0.15, 0.2) is 0 Å². The number of carbonyl (C=O) groups excluding carboxylic acids is 1. The Morgan fingerprint density at radius 3 is 2.76 bits per heavy atom. The molecule has 0 aliphatic rings. The molecule has 0 radical (unpaired) electrons. The molecular formula is C14H22N2O4S. The van der Waals surface area contributed by atoms with E-state index in [-0.39, 0.29) is 25.0 Å². The van der Waals surface area contributed by atoms with Crippen molar-refractivity contribution in [3.63, 3.8) is 0 Å². The summed E-state index contributed by atoms with van der Waals surface area (Å²) in [7, 11) is 1.43. The van der Waals surface area contributed by atoms with Crippen molar-refractivity contribution in [2.24, 2.45) is 0 Å². The summed E-state index contributed by atoms with van der Waals surface area (Å²) in [6.07, 6.45) is 1.15. The van der Waals surface area contributed by atoms with E-state index in [0.29, 0.717) is 0 Å². The highest BCUT2D eigenvalue weighted by atomic mass is 32.1. The predicted molar refractivity (Wildman–Crippen MR) is 81.6 cm³/mol. The summed E-state index contributed by atoms with van der Waals surface area (Å²) in [6, 6.07) is 3.62. The molecule has 0 saturated carbocycles. The number of thiophene rings is 1. The average molecular weight is 314 g/mol. The number of urea groups is 1. The third-order valence-corrected chi connectivity index (χ3v) is 3.98. The van der Waals surface area contributed by atoms with Gasteiger partial charge in [-0.05, 0) is 17.9 Å². The fourth-order valence-corrected chi connectivity index (χ4v) is 2.73. The first kappa shape index (κ1) is 17.5. The SMILES string of the molecule is CCCC(NC(=O)NCC(CC(=O)O)OC)c1cccs1. The maximum atomic E-state index is 11.9. The molecule has 0 bridgehead atoms. The zero-order valence-electron chi connectivity index (χ0n) is 12.3. The highest BCUT2D eigenvalue weighted by molar-refractivity contribution is 7.10. The molecule has 2 amide bonds.